The van der Waals surface area contributed by atoms with Gasteiger partial charge in [-0.05, 0) is 49.3 Å². The number of benzene rings is 1. The summed E-state index contributed by atoms with van der Waals surface area (Å²) in [4.78, 5) is 0. The molecular weight excluding hydrogens is 288 g/mol. The van der Waals surface area contributed by atoms with Crippen LogP contribution in [0.3, 0.4) is 0 Å². The van der Waals surface area contributed by atoms with Gasteiger partial charge in [-0.25, -0.2) is 0 Å². The molecule has 0 aliphatic heterocycles. The van der Waals surface area contributed by atoms with E-state index in [2.05, 4.69) is 41.2 Å². The van der Waals surface area contributed by atoms with Crippen LogP contribution in [0.2, 0.25) is 0 Å². The molecule has 3 heteroatoms. The molecule has 0 heterocycles. The second-order valence-corrected chi connectivity index (χ2v) is 6.36. The summed E-state index contributed by atoms with van der Waals surface area (Å²) in [6, 6.07) is 8.52. The van der Waals surface area contributed by atoms with Crippen molar-refractivity contribution in [3.8, 4) is 6.07 Å². The second kappa shape index (κ2) is 5.75. The molecule has 96 valence electrons. The van der Waals surface area contributed by atoms with Crippen molar-refractivity contribution in [2.24, 2.45) is 11.8 Å². The third kappa shape index (κ3) is 3.05. The average molecular weight is 307 g/mol. The molecular formula is C15H19BrN2. The van der Waals surface area contributed by atoms with Crippen molar-refractivity contribution in [2.45, 2.75) is 39.2 Å². The fourth-order valence-corrected chi connectivity index (χ4v) is 3.17. The van der Waals surface area contributed by atoms with Crippen LogP contribution in [0, 0.1) is 23.2 Å². The van der Waals surface area contributed by atoms with E-state index in [4.69, 9.17) is 5.26 Å². The summed E-state index contributed by atoms with van der Waals surface area (Å²) >= 11 is 3.47. The van der Waals surface area contributed by atoms with Crippen molar-refractivity contribution in [3.05, 3.63) is 28.2 Å². The first-order valence-corrected chi connectivity index (χ1v) is 7.35. The summed E-state index contributed by atoms with van der Waals surface area (Å²) < 4.78 is 1.01. The van der Waals surface area contributed by atoms with E-state index >= 15 is 0 Å². The zero-order valence-corrected chi connectivity index (χ0v) is 12.5. The van der Waals surface area contributed by atoms with Gasteiger partial charge >= 0.3 is 0 Å². The molecule has 1 aliphatic rings. The number of nitriles is 1. The van der Waals surface area contributed by atoms with E-state index in [1.807, 2.05) is 18.2 Å². The third-order valence-corrected chi connectivity index (χ3v) is 4.37. The first-order valence-electron chi connectivity index (χ1n) is 6.56. The zero-order valence-electron chi connectivity index (χ0n) is 10.9. The van der Waals surface area contributed by atoms with Crippen LogP contribution in [0.5, 0.6) is 0 Å². The van der Waals surface area contributed by atoms with Gasteiger partial charge in [0.25, 0.3) is 0 Å². The van der Waals surface area contributed by atoms with Crippen molar-refractivity contribution >= 4 is 21.6 Å². The van der Waals surface area contributed by atoms with Gasteiger partial charge in [-0.1, -0.05) is 29.8 Å². The summed E-state index contributed by atoms with van der Waals surface area (Å²) in [6.07, 6.45) is 3.74. The molecule has 1 fully saturated rings. The fraction of sp³-hybridized carbons (Fsp3) is 0.533. The minimum atomic E-state index is 0.489. The van der Waals surface area contributed by atoms with Crippen molar-refractivity contribution in [3.63, 3.8) is 0 Å². The Morgan fingerprint density at radius 3 is 2.78 bits per heavy atom. The van der Waals surface area contributed by atoms with Crippen molar-refractivity contribution < 1.29 is 0 Å². The lowest BCUT2D eigenvalue weighted by molar-refractivity contribution is 0.276. The number of anilines is 1. The van der Waals surface area contributed by atoms with Gasteiger partial charge in [0.1, 0.15) is 6.07 Å². The number of hydrogen-bond acceptors (Lipinski definition) is 2. The highest BCUT2D eigenvalue weighted by Crippen LogP contribution is 2.32. The van der Waals surface area contributed by atoms with E-state index in [0.717, 1.165) is 21.6 Å². The lowest BCUT2D eigenvalue weighted by atomic mass is 9.80. The summed E-state index contributed by atoms with van der Waals surface area (Å²) in [6.45, 7) is 4.63. The summed E-state index contributed by atoms with van der Waals surface area (Å²) in [7, 11) is 0. The summed E-state index contributed by atoms with van der Waals surface area (Å²) in [5.74, 6) is 1.50. The van der Waals surface area contributed by atoms with Crippen LogP contribution >= 0.6 is 15.9 Å². The SMILES string of the molecule is CC1CCC(Nc2cc(Br)ccc2C#N)C(C)C1. The quantitative estimate of drug-likeness (QED) is 0.869. The highest BCUT2D eigenvalue weighted by atomic mass is 79.9. The van der Waals surface area contributed by atoms with Gasteiger partial charge in [0.2, 0.25) is 0 Å². The predicted octanol–water partition coefficient (Wildman–Crippen LogP) is 4.56. The molecule has 0 radical (unpaired) electrons. The van der Waals surface area contributed by atoms with Crippen LogP contribution in [-0.2, 0) is 0 Å². The van der Waals surface area contributed by atoms with Gasteiger partial charge in [0, 0.05) is 10.5 Å². The first kappa shape index (κ1) is 13.4. The molecule has 0 amide bonds. The summed E-state index contributed by atoms with van der Waals surface area (Å²) in [5.41, 5.74) is 1.68. The lowest BCUT2D eigenvalue weighted by Crippen LogP contribution is -2.33. The number of halogens is 1. The molecule has 1 saturated carbocycles. The van der Waals surface area contributed by atoms with E-state index < -0.39 is 0 Å². The predicted molar refractivity (Wildman–Crippen MR) is 78.4 cm³/mol. The number of nitrogens with one attached hydrogen (secondary N) is 1. The van der Waals surface area contributed by atoms with Crippen molar-refractivity contribution in [2.75, 3.05) is 5.32 Å². The lowest BCUT2D eigenvalue weighted by Gasteiger charge is -2.34. The Labute approximate surface area is 118 Å². The zero-order chi connectivity index (χ0) is 13.1. The smallest absolute Gasteiger partial charge is 0.101 e. The number of hydrogen-bond donors (Lipinski definition) is 1. The molecule has 0 spiro atoms. The molecule has 2 rings (SSSR count). The largest absolute Gasteiger partial charge is 0.381 e. The van der Waals surface area contributed by atoms with Crippen LogP contribution in [0.15, 0.2) is 22.7 Å². The molecule has 3 atom stereocenters. The van der Waals surface area contributed by atoms with Crippen molar-refractivity contribution in [1.82, 2.24) is 0 Å². The van der Waals surface area contributed by atoms with Gasteiger partial charge in [-0.15, -0.1) is 0 Å². The maximum atomic E-state index is 9.14. The van der Waals surface area contributed by atoms with Gasteiger partial charge in [0.15, 0.2) is 0 Å². The van der Waals surface area contributed by atoms with Gasteiger partial charge in [-0.3, -0.25) is 0 Å². The molecule has 1 aromatic rings. The molecule has 3 unspecified atom stereocenters. The van der Waals surface area contributed by atoms with Crippen LogP contribution in [0.1, 0.15) is 38.7 Å². The molecule has 0 bridgehead atoms. The Kier molecular flexibility index (Phi) is 4.29. The minimum Gasteiger partial charge on any atom is -0.381 e. The van der Waals surface area contributed by atoms with Crippen LogP contribution in [0.25, 0.3) is 0 Å². The molecule has 1 aliphatic carbocycles. The Hall–Kier alpha value is -1.01. The number of nitrogens with zero attached hydrogens (tertiary/aromatic N) is 1. The Morgan fingerprint density at radius 2 is 2.11 bits per heavy atom. The normalized spacial score (nSPS) is 27.6. The Bertz CT molecular complexity index is 464. The molecule has 18 heavy (non-hydrogen) atoms. The topological polar surface area (TPSA) is 35.8 Å². The standard InChI is InChI=1S/C15H19BrN2/c1-10-3-6-14(11(2)7-10)18-15-8-13(16)5-4-12(15)9-17/h4-5,8,10-11,14,18H,3,6-7H2,1-2H3. The average Bonchev–Trinajstić information content (AvgIpc) is 2.33. The van der Waals surface area contributed by atoms with Crippen LogP contribution < -0.4 is 5.32 Å². The monoisotopic (exact) mass is 306 g/mol. The molecule has 1 aromatic carbocycles. The van der Waals surface area contributed by atoms with Gasteiger partial charge in [-0.2, -0.15) is 5.26 Å². The molecule has 0 aromatic heterocycles. The maximum absolute atomic E-state index is 9.14. The molecule has 0 saturated heterocycles. The summed E-state index contributed by atoms with van der Waals surface area (Å²) in [5, 5.41) is 12.7. The first-order chi connectivity index (χ1) is 8.60. The van der Waals surface area contributed by atoms with E-state index in [0.29, 0.717) is 12.0 Å². The highest BCUT2D eigenvalue weighted by molar-refractivity contribution is 9.10. The van der Waals surface area contributed by atoms with Crippen molar-refractivity contribution in [1.29, 1.82) is 5.26 Å². The molecule has 1 N–H and O–H groups in total. The third-order valence-electron chi connectivity index (χ3n) is 3.87. The van der Waals surface area contributed by atoms with Gasteiger partial charge < -0.3 is 5.32 Å². The fourth-order valence-electron chi connectivity index (χ4n) is 2.81. The van der Waals surface area contributed by atoms with Gasteiger partial charge in [0.05, 0.1) is 11.3 Å². The van der Waals surface area contributed by atoms with E-state index in [1.165, 1.54) is 19.3 Å². The van der Waals surface area contributed by atoms with E-state index in [9.17, 15) is 0 Å². The van der Waals surface area contributed by atoms with E-state index in [-0.39, 0.29) is 0 Å². The Morgan fingerprint density at radius 1 is 1.33 bits per heavy atom. The minimum absolute atomic E-state index is 0.489. The van der Waals surface area contributed by atoms with Crippen LogP contribution in [0.4, 0.5) is 5.69 Å². The highest BCUT2D eigenvalue weighted by Gasteiger charge is 2.25. The van der Waals surface area contributed by atoms with E-state index in [1.54, 1.807) is 0 Å². The molecule has 2 nitrogen and oxygen atoms in total. The Balaban J connectivity index is 2.14. The number of rotatable bonds is 2. The second-order valence-electron chi connectivity index (χ2n) is 5.45. The maximum Gasteiger partial charge on any atom is 0.101 e. The van der Waals surface area contributed by atoms with Crippen LogP contribution in [-0.4, -0.2) is 6.04 Å².